The third-order valence-corrected chi connectivity index (χ3v) is 17.1. The maximum Gasteiger partial charge on any atom is 0.0729 e. The molecule has 1 spiro atoms. The minimum absolute atomic E-state index is 0.509. The van der Waals surface area contributed by atoms with Crippen molar-refractivity contribution in [1.29, 1.82) is 0 Å². The number of benzene rings is 11. The molecule has 0 amide bonds. The van der Waals surface area contributed by atoms with E-state index in [1.807, 2.05) is 0 Å². The van der Waals surface area contributed by atoms with Gasteiger partial charge in [0.2, 0.25) is 0 Å². The molecule has 1 nitrogen and oxygen atoms in total. The summed E-state index contributed by atoms with van der Waals surface area (Å²) in [5.74, 6) is 0.509. The molecule has 11 aromatic rings. The Labute approximate surface area is 416 Å². The smallest absolute Gasteiger partial charge is 0.0729 e. The second kappa shape index (κ2) is 15.6. The van der Waals surface area contributed by atoms with Gasteiger partial charge >= 0.3 is 0 Å². The van der Waals surface area contributed by atoms with Crippen molar-refractivity contribution >= 4 is 38.6 Å². The van der Waals surface area contributed by atoms with Crippen LogP contribution in [0, 0.1) is 0 Å². The molecule has 0 saturated heterocycles. The van der Waals surface area contributed by atoms with Crippen molar-refractivity contribution in [3.05, 3.63) is 293 Å². The van der Waals surface area contributed by atoms with E-state index in [0.29, 0.717) is 5.92 Å². The summed E-state index contributed by atoms with van der Waals surface area (Å²) >= 11 is 0. The van der Waals surface area contributed by atoms with Crippen LogP contribution in [-0.4, -0.2) is 0 Å². The van der Waals surface area contributed by atoms with Crippen LogP contribution in [0.25, 0.3) is 54.9 Å². The Morgan fingerprint density at radius 1 is 0.338 bits per heavy atom. The number of hydrogen-bond donors (Lipinski definition) is 0. The van der Waals surface area contributed by atoms with E-state index in [-0.39, 0.29) is 0 Å². The van der Waals surface area contributed by atoms with Gasteiger partial charge in [-0.05, 0) is 149 Å². The first-order valence-corrected chi connectivity index (χ1v) is 25.8. The second-order valence-electron chi connectivity index (χ2n) is 20.4. The van der Waals surface area contributed by atoms with Gasteiger partial charge in [0, 0.05) is 16.8 Å². The molecule has 0 radical (unpaired) electrons. The average molecular weight is 906 g/mol. The van der Waals surface area contributed by atoms with E-state index in [0.717, 1.165) is 17.1 Å². The number of nitrogens with zero attached hydrogens (tertiary/aromatic N) is 1. The van der Waals surface area contributed by atoms with Crippen LogP contribution in [-0.2, 0) is 10.8 Å². The van der Waals surface area contributed by atoms with Crippen molar-refractivity contribution in [2.24, 2.45) is 0 Å². The summed E-state index contributed by atoms with van der Waals surface area (Å²) in [5, 5.41) is 5.18. The van der Waals surface area contributed by atoms with Crippen LogP contribution in [0.1, 0.15) is 88.1 Å². The van der Waals surface area contributed by atoms with Gasteiger partial charge in [0.25, 0.3) is 0 Å². The summed E-state index contributed by atoms with van der Waals surface area (Å²) in [7, 11) is 0. The lowest BCUT2D eigenvalue weighted by atomic mass is 9.59. The molecule has 0 N–H and O–H groups in total. The summed E-state index contributed by atoms with van der Waals surface area (Å²) in [4.78, 5) is 2.58. The van der Waals surface area contributed by atoms with Crippen LogP contribution in [0.4, 0.5) is 17.1 Å². The normalized spacial score (nSPS) is 16.8. The highest BCUT2D eigenvalue weighted by atomic mass is 15.1. The molecule has 1 atom stereocenters. The first-order valence-electron chi connectivity index (χ1n) is 25.8. The highest BCUT2D eigenvalue weighted by molar-refractivity contribution is 6.08. The Hall–Kier alpha value is -8.26. The molecule has 11 aromatic carbocycles. The van der Waals surface area contributed by atoms with Crippen LogP contribution in [0.3, 0.4) is 0 Å². The first-order chi connectivity index (χ1) is 35.2. The summed E-state index contributed by atoms with van der Waals surface area (Å²) in [6.45, 7) is 0. The molecule has 71 heavy (non-hydrogen) atoms. The van der Waals surface area contributed by atoms with Gasteiger partial charge in [-0.2, -0.15) is 0 Å². The lowest BCUT2D eigenvalue weighted by Crippen LogP contribution is -2.34. The van der Waals surface area contributed by atoms with Crippen LogP contribution in [0.15, 0.2) is 243 Å². The highest BCUT2D eigenvalue weighted by Gasteiger charge is 2.52. The lowest BCUT2D eigenvalue weighted by Gasteiger charge is -2.43. The van der Waals surface area contributed by atoms with Gasteiger partial charge in [-0.1, -0.05) is 232 Å². The van der Waals surface area contributed by atoms with Gasteiger partial charge < -0.3 is 4.90 Å². The Balaban J connectivity index is 1.04. The molecular weight excluding hydrogens is 855 g/mol. The Bertz CT molecular complexity index is 3890. The van der Waals surface area contributed by atoms with Crippen molar-refractivity contribution in [2.75, 3.05) is 4.90 Å². The SMILES string of the molecule is c1ccc(C2(c3ccccc3)c3ccccc3-c3ccc(N(c4ccc5c(c4)C4(c6ccccc6-5)c5ccccc5-c5cccc6ccc(C7CCCCC7)c4c56)c4cccc5ccccc45)cc32)cc1. The molecule has 4 aliphatic rings. The first kappa shape index (κ1) is 40.6. The minimum Gasteiger partial charge on any atom is -0.310 e. The zero-order valence-corrected chi connectivity index (χ0v) is 39.7. The fourth-order valence-electron chi connectivity index (χ4n) is 14.3. The summed E-state index contributed by atoms with van der Waals surface area (Å²) in [5.41, 5.74) is 22.6. The molecule has 0 aromatic heterocycles. The van der Waals surface area contributed by atoms with Crippen LogP contribution < -0.4 is 4.90 Å². The minimum atomic E-state index is -0.543. The predicted molar refractivity (Wildman–Crippen MR) is 296 cm³/mol. The number of rotatable bonds is 6. The second-order valence-corrected chi connectivity index (χ2v) is 20.4. The molecule has 1 heteroatoms. The molecule has 0 aliphatic heterocycles. The zero-order chi connectivity index (χ0) is 46.7. The standard InChI is InChI=1S/C70H51N/c1-4-20-47(21-5-1)54-41-38-48-24-18-33-60-57-32-14-17-36-63(57)70(68(54)67(48)60)62-35-16-13-31-56(62)59-43-40-52(45-65(59)70)71(66-37-19-23-46-22-10-11-29-53(46)66)51-39-42-58-55-30-12-15-34-61(55)69(64(58)44-51,49-25-6-2-7-26-49)50-27-8-3-9-28-50/h2-3,6-19,22-45,47H,1,4-5,20-21H2. The van der Waals surface area contributed by atoms with Crippen molar-refractivity contribution in [1.82, 2.24) is 0 Å². The van der Waals surface area contributed by atoms with E-state index in [1.165, 1.54) is 137 Å². The molecule has 1 unspecified atom stereocenters. The van der Waals surface area contributed by atoms with E-state index >= 15 is 0 Å². The number of fused-ring (bicyclic) bond motifs is 13. The van der Waals surface area contributed by atoms with E-state index in [9.17, 15) is 0 Å². The Morgan fingerprint density at radius 2 is 0.817 bits per heavy atom. The van der Waals surface area contributed by atoms with Crippen LogP contribution >= 0.6 is 0 Å². The predicted octanol–water partition coefficient (Wildman–Crippen LogP) is 18.2. The Kier molecular flexibility index (Phi) is 8.94. The van der Waals surface area contributed by atoms with Gasteiger partial charge in [-0.3, -0.25) is 0 Å². The van der Waals surface area contributed by atoms with Gasteiger partial charge in [-0.25, -0.2) is 0 Å². The zero-order valence-electron chi connectivity index (χ0n) is 39.7. The maximum absolute atomic E-state index is 2.61. The third kappa shape index (κ3) is 5.58. The monoisotopic (exact) mass is 905 g/mol. The molecule has 15 rings (SSSR count). The Morgan fingerprint density at radius 3 is 1.46 bits per heavy atom. The molecule has 336 valence electrons. The topological polar surface area (TPSA) is 3.24 Å². The van der Waals surface area contributed by atoms with Crippen molar-refractivity contribution in [3.8, 4) is 33.4 Å². The quantitative estimate of drug-likeness (QED) is 0.161. The fraction of sp³-hybridized carbons (Fsp3) is 0.114. The highest BCUT2D eigenvalue weighted by Crippen LogP contribution is 2.65. The summed E-state index contributed by atoms with van der Waals surface area (Å²) < 4.78 is 0. The molecule has 1 fully saturated rings. The van der Waals surface area contributed by atoms with Crippen molar-refractivity contribution < 1.29 is 0 Å². The van der Waals surface area contributed by atoms with Gasteiger partial charge in [-0.15, -0.1) is 0 Å². The fourth-order valence-corrected chi connectivity index (χ4v) is 14.3. The van der Waals surface area contributed by atoms with Gasteiger partial charge in [0.15, 0.2) is 0 Å². The third-order valence-electron chi connectivity index (χ3n) is 17.1. The van der Waals surface area contributed by atoms with E-state index in [4.69, 9.17) is 0 Å². The van der Waals surface area contributed by atoms with Crippen molar-refractivity contribution in [2.45, 2.75) is 48.9 Å². The molecule has 0 heterocycles. The van der Waals surface area contributed by atoms with Crippen LogP contribution in [0.2, 0.25) is 0 Å². The van der Waals surface area contributed by atoms with Gasteiger partial charge in [0.05, 0.1) is 16.5 Å². The van der Waals surface area contributed by atoms with Crippen LogP contribution in [0.5, 0.6) is 0 Å². The van der Waals surface area contributed by atoms with E-state index in [1.54, 1.807) is 0 Å². The molecule has 0 bridgehead atoms. The maximum atomic E-state index is 2.61. The molecule has 1 saturated carbocycles. The average Bonchev–Trinajstić information content (AvgIpc) is 3.91. The van der Waals surface area contributed by atoms with Gasteiger partial charge in [0.1, 0.15) is 0 Å². The largest absolute Gasteiger partial charge is 0.310 e. The van der Waals surface area contributed by atoms with E-state index < -0.39 is 10.8 Å². The van der Waals surface area contributed by atoms with Crippen molar-refractivity contribution in [3.63, 3.8) is 0 Å². The number of anilines is 3. The molecular formula is C70H51N. The summed E-state index contributed by atoms with van der Waals surface area (Å²) in [6.07, 6.45) is 6.36. The molecule has 4 aliphatic carbocycles. The lowest BCUT2D eigenvalue weighted by molar-refractivity contribution is 0.440. The van der Waals surface area contributed by atoms with E-state index in [2.05, 4.69) is 248 Å². The number of hydrogen-bond acceptors (Lipinski definition) is 1. The summed E-state index contributed by atoms with van der Waals surface area (Å²) in [6, 6.07) is 92.8.